The number of allylic oxidation sites excluding steroid dienone is 1. The van der Waals surface area contributed by atoms with Gasteiger partial charge in [0.25, 0.3) is 0 Å². The number of anilines is 4. The normalized spacial score (nSPS) is 14.1. The van der Waals surface area contributed by atoms with Gasteiger partial charge in [0, 0.05) is 11.4 Å². The maximum absolute atomic E-state index is 5.21. The molecular weight excluding hydrogens is 494 g/mol. The second kappa shape index (κ2) is 9.24. The number of para-hydroxylation sites is 4. The summed E-state index contributed by atoms with van der Waals surface area (Å²) in [7, 11) is 0. The van der Waals surface area contributed by atoms with Gasteiger partial charge in [0.05, 0.1) is 34.0 Å². The number of hydrogen-bond donors (Lipinski definition) is 0. The molecule has 0 fully saturated rings. The number of benzene rings is 3. The summed E-state index contributed by atoms with van der Waals surface area (Å²) in [6.07, 6.45) is 9.58. The van der Waals surface area contributed by atoms with E-state index >= 15 is 0 Å². The third-order valence-electron chi connectivity index (χ3n) is 7.47. The second-order valence-electron chi connectivity index (χ2n) is 10.2. The molecule has 2 aliphatic heterocycles. The van der Waals surface area contributed by atoms with Crippen LogP contribution in [0.1, 0.15) is 27.9 Å². The first-order valence-electron chi connectivity index (χ1n) is 13.3. The fourth-order valence-electron chi connectivity index (χ4n) is 5.64. The van der Waals surface area contributed by atoms with E-state index in [0.717, 1.165) is 78.4 Å². The van der Waals surface area contributed by atoms with Crippen molar-refractivity contribution in [3.8, 4) is 0 Å². The molecule has 7 nitrogen and oxygen atoms in total. The van der Waals surface area contributed by atoms with E-state index < -0.39 is 0 Å². The van der Waals surface area contributed by atoms with Gasteiger partial charge in [0.15, 0.2) is 11.6 Å². The average molecular weight is 522 g/mol. The van der Waals surface area contributed by atoms with E-state index in [1.807, 2.05) is 30.3 Å². The van der Waals surface area contributed by atoms with Gasteiger partial charge >= 0.3 is 0 Å². The van der Waals surface area contributed by atoms with E-state index in [9.17, 15) is 0 Å². The molecule has 0 atom stereocenters. The van der Waals surface area contributed by atoms with Crippen LogP contribution < -0.4 is 20.4 Å². The molecule has 194 valence electrons. The van der Waals surface area contributed by atoms with Crippen LogP contribution in [0.15, 0.2) is 89.9 Å². The summed E-state index contributed by atoms with van der Waals surface area (Å²) in [6, 6.07) is 20.8. The van der Waals surface area contributed by atoms with Gasteiger partial charge in [-0.3, -0.25) is 14.8 Å². The largest absolute Gasteiger partial charge is 0.276 e. The monoisotopic (exact) mass is 521 g/mol. The van der Waals surface area contributed by atoms with Gasteiger partial charge < -0.3 is 0 Å². The predicted molar refractivity (Wildman–Crippen MR) is 160 cm³/mol. The van der Waals surface area contributed by atoms with Crippen LogP contribution in [-0.4, -0.2) is 20.2 Å². The van der Waals surface area contributed by atoms with Crippen LogP contribution in [0.2, 0.25) is 0 Å². The van der Waals surface area contributed by atoms with E-state index in [1.54, 1.807) is 12.4 Å². The summed E-state index contributed by atoms with van der Waals surface area (Å²) < 4.78 is 0. The highest BCUT2D eigenvalue weighted by atomic mass is 15.5. The van der Waals surface area contributed by atoms with Crippen LogP contribution in [0.5, 0.6) is 0 Å². The molecule has 2 aliphatic rings. The highest BCUT2D eigenvalue weighted by Crippen LogP contribution is 2.50. The standard InChI is InChI=1S/C33H27N7/c1-20-9-7-10-21(2)30(20)39-28(16-15-24-19-35-38-27-17-18-34-29(24)27)40(31-22(3)11-8-12-23(31)4)33-32(39)36-25-13-5-6-14-26(25)37-33/h5-19H,1-4H3/b24-15-. The third kappa shape index (κ3) is 3.70. The number of fused-ring (bicyclic) bond motifs is 3. The first kappa shape index (κ1) is 23.9. The zero-order valence-electron chi connectivity index (χ0n) is 22.8. The van der Waals surface area contributed by atoms with E-state index in [-0.39, 0.29) is 0 Å². The molecule has 40 heavy (non-hydrogen) atoms. The molecule has 7 heteroatoms. The van der Waals surface area contributed by atoms with Gasteiger partial charge in [-0.15, -0.1) is 5.10 Å². The Hall–Kier alpha value is -5.17. The van der Waals surface area contributed by atoms with Crippen LogP contribution in [0.25, 0.3) is 23.2 Å². The molecule has 0 amide bonds. The maximum Gasteiger partial charge on any atom is 0.183 e. The topological polar surface area (TPSA) is 70.4 Å². The van der Waals surface area contributed by atoms with Gasteiger partial charge in [-0.05, 0) is 80.3 Å². The number of aromatic nitrogens is 4. The summed E-state index contributed by atoms with van der Waals surface area (Å²) in [5.41, 5.74) is 9.27. The molecule has 3 aromatic carbocycles. The van der Waals surface area contributed by atoms with Gasteiger partial charge in [0.1, 0.15) is 11.5 Å². The minimum Gasteiger partial charge on any atom is -0.276 e. The van der Waals surface area contributed by atoms with Crippen LogP contribution in [0.3, 0.4) is 0 Å². The Bertz CT molecular complexity index is 1880. The minimum atomic E-state index is 0.773. The fourth-order valence-corrected chi connectivity index (χ4v) is 5.64. The Kier molecular flexibility index (Phi) is 5.52. The van der Waals surface area contributed by atoms with Gasteiger partial charge in [0.2, 0.25) is 0 Å². The first-order chi connectivity index (χ1) is 19.5. The van der Waals surface area contributed by atoms with E-state index in [1.165, 1.54) is 0 Å². The number of rotatable bonds is 3. The lowest BCUT2D eigenvalue weighted by atomic mass is 10.1. The molecular formula is C33H27N7. The molecule has 0 unspecified atom stereocenters. The minimum absolute atomic E-state index is 0.773. The molecule has 4 heterocycles. The Balaban J connectivity index is 1.59. The van der Waals surface area contributed by atoms with Crippen LogP contribution >= 0.6 is 0 Å². The SMILES string of the molecule is Cc1cccc(C)c1N1C(=C/C=c2/cnnc3c2=NC=C3)N(c2c(C)cccc2C)c2nc3ccccc3nc21. The van der Waals surface area contributed by atoms with E-state index in [2.05, 4.69) is 101 Å². The lowest BCUT2D eigenvalue weighted by Crippen LogP contribution is -2.29. The molecule has 2 aromatic heterocycles. The zero-order chi connectivity index (χ0) is 27.4. The van der Waals surface area contributed by atoms with Crippen molar-refractivity contribution < 1.29 is 0 Å². The average Bonchev–Trinajstić information content (AvgIpc) is 3.54. The highest BCUT2D eigenvalue weighted by molar-refractivity contribution is 5.95. The smallest absolute Gasteiger partial charge is 0.183 e. The van der Waals surface area contributed by atoms with Crippen molar-refractivity contribution in [2.24, 2.45) is 4.99 Å². The maximum atomic E-state index is 5.21. The van der Waals surface area contributed by atoms with Gasteiger partial charge in [-0.2, -0.15) is 5.10 Å². The summed E-state index contributed by atoms with van der Waals surface area (Å²) in [6.45, 7) is 8.57. The molecule has 7 rings (SSSR count). The van der Waals surface area contributed by atoms with Crippen molar-refractivity contribution in [1.82, 2.24) is 20.2 Å². The first-order valence-corrected chi connectivity index (χ1v) is 13.3. The second-order valence-corrected chi connectivity index (χ2v) is 10.2. The molecule has 0 N–H and O–H groups in total. The predicted octanol–water partition coefficient (Wildman–Crippen LogP) is 5.87. The lowest BCUT2D eigenvalue weighted by Gasteiger charge is -2.28. The highest BCUT2D eigenvalue weighted by Gasteiger charge is 2.38. The van der Waals surface area contributed by atoms with Crippen molar-refractivity contribution >= 4 is 46.2 Å². The summed E-state index contributed by atoms with van der Waals surface area (Å²) in [5, 5.41) is 10.2. The summed E-state index contributed by atoms with van der Waals surface area (Å²) in [5.74, 6) is 2.52. The molecule has 0 aliphatic carbocycles. The van der Waals surface area contributed by atoms with Crippen LogP contribution in [0, 0.1) is 27.7 Å². The summed E-state index contributed by atoms with van der Waals surface area (Å²) >= 11 is 0. The molecule has 5 aromatic rings. The number of nitrogens with zero attached hydrogens (tertiary/aromatic N) is 7. The summed E-state index contributed by atoms with van der Waals surface area (Å²) in [4.78, 5) is 19.4. The zero-order valence-corrected chi connectivity index (χ0v) is 22.8. The fraction of sp³-hybridized carbons (Fsp3) is 0.121. The lowest BCUT2D eigenvalue weighted by molar-refractivity contribution is 0.984. The Labute approximate surface area is 232 Å². The number of hydrogen-bond acceptors (Lipinski definition) is 7. The van der Waals surface area contributed by atoms with E-state index in [0.29, 0.717) is 0 Å². The van der Waals surface area contributed by atoms with E-state index in [4.69, 9.17) is 9.97 Å². The molecule has 0 bridgehead atoms. The van der Waals surface area contributed by atoms with Crippen LogP contribution in [-0.2, 0) is 0 Å². The Morgan fingerprint density at radius 3 is 1.75 bits per heavy atom. The quantitative estimate of drug-likeness (QED) is 0.296. The van der Waals surface area contributed by atoms with Crippen molar-refractivity contribution in [3.63, 3.8) is 0 Å². The molecule has 0 radical (unpaired) electrons. The van der Waals surface area contributed by atoms with Gasteiger partial charge in [-0.25, -0.2) is 9.97 Å². The van der Waals surface area contributed by atoms with Crippen molar-refractivity contribution in [1.29, 1.82) is 0 Å². The molecule has 0 saturated heterocycles. The van der Waals surface area contributed by atoms with Crippen molar-refractivity contribution in [3.05, 3.63) is 123 Å². The third-order valence-corrected chi connectivity index (χ3v) is 7.47. The molecule has 0 saturated carbocycles. The van der Waals surface area contributed by atoms with Gasteiger partial charge in [-0.1, -0.05) is 48.5 Å². The Morgan fingerprint density at radius 2 is 1.20 bits per heavy atom. The van der Waals surface area contributed by atoms with Crippen molar-refractivity contribution in [2.75, 3.05) is 9.80 Å². The van der Waals surface area contributed by atoms with Crippen molar-refractivity contribution in [2.45, 2.75) is 27.7 Å². The van der Waals surface area contributed by atoms with Crippen LogP contribution in [0.4, 0.5) is 23.0 Å². The number of aryl methyl sites for hydroxylation is 4. The Morgan fingerprint density at radius 1 is 0.650 bits per heavy atom. The molecule has 0 spiro atoms.